The second kappa shape index (κ2) is 8.46. The monoisotopic (exact) mass is 297 g/mol. The summed E-state index contributed by atoms with van der Waals surface area (Å²) in [5, 5.41) is 16.6. The van der Waals surface area contributed by atoms with Crippen LogP contribution in [0.4, 0.5) is 5.69 Å². The van der Waals surface area contributed by atoms with Crippen LogP contribution in [0.5, 0.6) is 5.75 Å². The van der Waals surface area contributed by atoms with Gasteiger partial charge in [0, 0.05) is 24.2 Å². The second-order valence-corrected chi connectivity index (χ2v) is 4.75. The van der Waals surface area contributed by atoms with Gasteiger partial charge in [-0.05, 0) is 30.7 Å². The van der Waals surface area contributed by atoms with Crippen LogP contribution in [0, 0.1) is 0 Å². The number of para-hydroxylation sites is 2. The molecule has 3 N–H and O–H groups in total. The number of nitrogens with zero attached hydrogens (tertiary/aromatic N) is 1. The Hall–Kier alpha value is -2.82. The molecule has 0 aliphatic heterocycles. The number of hydrogen-bond acceptors (Lipinski definition) is 4. The van der Waals surface area contributed by atoms with Gasteiger partial charge in [0.25, 0.3) is 0 Å². The van der Waals surface area contributed by atoms with Crippen molar-refractivity contribution in [3.8, 4) is 5.75 Å². The molecule has 0 unspecified atom stereocenters. The number of rotatable bonds is 7. The van der Waals surface area contributed by atoms with E-state index in [4.69, 9.17) is 0 Å². The van der Waals surface area contributed by atoms with Crippen LogP contribution < -0.4 is 10.7 Å². The van der Waals surface area contributed by atoms with Crippen molar-refractivity contribution in [2.45, 2.75) is 12.8 Å². The summed E-state index contributed by atoms with van der Waals surface area (Å²) >= 11 is 0. The van der Waals surface area contributed by atoms with Gasteiger partial charge in [0.1, 0.15) is 5.75 Å². The summed E-state index contributed by atoms with van der Waals surface area (Å²) in [6.45, 7) is 0.723. The van der Waals surface area contributed by atoms with Crippen molar-refractivity contribution in [1.29, 1.82) is 0 Å². The van der Waals surface area contributed by atoms with Crippen LogP contribution >= 0.6 is 0 Å². The summed E-state index contributed by atoms with van der Waals surface area (Å²) in [7, 11) is 0. The van der Waals surface area contributed by atoms with Gasteiger partial charge in [-0.1, -0.05) is 30.3 Å². The zero-order valence-electron chi connectivity index (χ0n) is 12.2. The number of carbonyl (C=O) groups excluding carboxylic acids is 1. The van der Waals surface area contributed by atoms with E-state index in [1.165, 1.54) is 6.21 Å². The Morgan fingerprint density at radius 2 is 1.82 bits per heavy atom. The smallest absolute Gasteiger partial charge is 0.240 e. The minimum absolute atomic E-state index is 0.132. The van der Waals surface area contributed by atoms with E-state index in [1.807, 2.05) is 30.3 Å². The molecule has 2 aromatic carbocycles. The van der Waals surface area contributed by atoms with Crippen LogP contribution in [0.25, 0.3) is 0 Å². The summed E-state index contributed by atoms with van der Waals surface area (Å²) in [4.78, 5) is 11.6. The highest BCUT2D eigenvalue weighted by Crippen LogP contribution is 2.12. The van der Waals surface area contributed by atoms with E-state index in [1.54, 1.807) is 24.3 Å². The number of carbonyl (C=O) groups is 1. The van der Waals surface area contributed by atoms with Gasteiger partial charge in [-0.25, -0.2) is 5.43 Å². The molecular formula is C17H19N3O2. The first-order valence-electron chi connectivity index (χ1n) is 7.14. The average Bonchev–Trinajstić information content (AvgIpc) is 2.54. The summed E-state index contributed by atoms with van der Waals surface area (Å²) in [6.07, 6.45) is 2.53. The lowest BCUT2D eigenvalue weighted by Crippen LogP contribution is -2.18. The summed E-state index contributed by atoms with van der Waals surface area (Å²) in [5.74, 6) is -0.0194. The lowest BCUT2D eigenvalue weighted by Gasteiger charge is -2.05. The van der Waals surface area contributed by atoms with Gasteiger partial charge in [0.15, 0.2) is 0 Å². The maximum absolute atomic E-state index is 11.6. The summed E-state index contributed by atoms with van der Waals surface area (Å²) < 4.78 is 0. The van der Waals surface area contributed by atoms with Gasteiger partial charge in [0.05, 0.1) is 6.21 Å². The number of hydrogen-bond donors (Lipinski definition) is 3. The molecule has 0 radical (unpaired) electrons. The zero-order chi connectivity index (χ0) is 15.6. The molecule has 5 heteroatoms. The van der Waals surface area contributed by atoms with Crippen molar-refractivity contribution in [3.63, 3.8) is 0 Å². The highest BCUT2D eigenvalue weighted by Gasteiger charge is 2.00. The van der Waals surface area contributed by atoms with Gasteiger partial charge in [0.2, 0.25) is 5.91 Å². The first-order valence-corrected chi connectivity index (χ1v) is 7.14. The molecule has 2 rings (SSSR count). The molecule has 114 valence electrons. The number of phenols is 1. The Labute approximate surface area is 129 Å². The van der Waals surface area contributed by atoms with Crippen LogP contribution in [0.15, 0.2) is 59.7 Å². The van der Waals surface area contributed by atoms with Crippen LogP contribution in [0.2, 0.25) is 0 Å². The minimum Gasteiger partial charge on any atom is -0.507 e. The molecule has 0 fully saturated rings. The number of benzene rings is 2. The third kappa shape index (κ3) is 5.28. The van der Waals surface area contributed by atoms with E-state index in [9.17, 15) is 9.90 Å². The van der Waals surface area contributed by atoms with Crippen molar-refractivity contribution in [3.05, 3.63) is 60.2 Å². The highest BCUT2D eigenvalue weighted by atomic mass is 16.3. The predicted molar refractivity (Wildman–Crippen MR) is 88.0 cm³/mol. The minimum atomic E-state index is -0.151. The van der Waals surface area contributed by atoms with Gasteiger partial charge >= 0.3 is 0 Å². The SMILES string of the molecule is O=C(CCCNc1ccccc1)N/N=C/c1ccccc1O. The number of amides is 1. The molecule has 0 atom stereocenters. The van der Waals surface area contributed by atoms with Gasteiger partial charge in [-0.15, -0.1) is 0 Å². The first kappa shape index (κ1) is 15.6. The highest BCUT2D eigenvalue weighted by molar-refractivity contribution is 5.84. The first-order chi connectivity index (χ1) is 10.8. The molecule has 0 bridgehead atoms. The second-order valence-electron chi connectivity index (χ2n) is 4.75. The lowest BCUT2D eigenvalue weighted by atomic mass is 10.2. The van der Waals surface area contributed by atoms with E-state index >= 15 is 0 Å². The molecule has 0 saturated heterocycles. The van der Waals surface area contributed by atoms with Crippen molar-refractivity contribution in [1.82, 2.24) is 5.43 Å². The van der Waals surface area contributed by atoms with Crippen LogP contribution in [0.3, 0.4) is 0 Å². The van der Waals surface area contributed by atoms with E-state index in [0.717, 1.165) is 12.2 Å². The fraction of sp³-hybridized carbons (Fsp3) is 0.176. The fourth-order valence-corrected chi connectivity index (χ4v) is 1.86. The molecule has 0 aliphatic carbocycles. The van der Waals surface area contributed by atoms with E-state index in [-0.39, 0.29) is 11.7 Å². The van der Waals surface area contributed by atoms with Crippen molar-refractivity contribution >= 4 is 17.8 Å². The molecule has 2 aromatic rings. The van der Waals surface area contributed by atoms with Crippen molar-refractivity contribution < 1.29 is 9.90 Å². The van der Waals surface area contributed by atoms with Crippen LogP contribution in [-0.4, -0.2) is 23.8 Å². The molecule has 0 aliphatic rings. The third-order valence-electron chi connectivity index (χ3n) is 3.01. The number of anilines is 1. The number of hydrazone groups is 1. The third-order valence-corrected chi connectivity index (χ3v) is 3.01. The fourth-order valence-electron chi connectivity index (χ4n) is 1.86. The number of nitrogens with one attached hydrogen (secondary N) is 2. The van der Waals surface area contributed by atoms with Crippen molar-refractivity contribution in [2.24, 2.45) is 5.10 Å². The molecule has 0 spiro atoms. The van der Waals surface area contributed by atoms with E-state index in [2.05, 4.69) is 15.8 Å². The molecule has 0 saturated carbocycles. The maximum Gasteiger partial charge on any atom is 0.240 e. The maximum atomic E-state index is 11.6. The molecule has 5 nitrogen and oxygen atoms in total. The Kier molecular flexibility index (Phi) is 5.99. The number of phenolic OH excluding ortho intramolecular Hbond substituents is 1. The molecule has 1 amide bonds. The number of aromatic hydroxyl groups is 1. The largest absolute Gasteiger partial charge is 0.507 e. The Morgan fingerprint density at radius 3 is 2.59 bits per heavy atom. The Morgan fingerprint density at radius 1 is 1.09 bits per heavy atom. The summed E-state index contributed by atoms with van der Waals surface area (Å²) in [6, 6.07) is 16.6. The van der Waals surface area contributed by atoms with E-state index < -0.39 is 0 Å². The average molecular weight is 297 g/mol. The van der Waals surface area contributed by atoms with Gasteiger partial charge in [-0.3, -0.25) is 4.79 Å². The van der Waals surface area contributed by atoms with Gasteiger partial charge < -0.3 is 10.4 Å². The molecule has 22 heavy (non-hydrogen) atoms. The Balaban J connectivity index is 1.65. The quantitative estimate of drug-likeness (QED) is 0.418. The Bertz CT molecular complexity index is 627. The van der Waals surface area contributed by atoms with Crippen LogP contribution in [-0.2, 0) is 4.79 Å². The predicted octanol–water partition coefficient (Wildman–Crippen LogP) is 2.73. The normalized spacial score (nSPS) is 10.5. The van der Waals surface area contributed by atoms with Crippen molar-refractivity contribution in [2.75, 3.05) is 11.9 Å². The zero-order valence-corrected chi connectivity index (χ0v) is 12.2. The van der Waals surface area contributed by atoms with Gasteiger partial charge in [-0.2, -0.15) is 5.10 Å². The topological polar surface area (TPSA) is 73.7 Å². The lowest BCUT2D eigenvalue weighted by molar-refractivity contribution is -0.121. The molecular weight excluding hydrogens is 278 g/mol. The summed E-state index contributed by atoms with van der Waals surface area (Å²) in [5.41, 5.74) is 4.05. The molecule has 0 heterocycles. The van der Waals surface area contributed by atoms with Crippen LogP contribution in [0.1, 0.15) is 18.4 Å². The molecule has 0 aromatic heterocycles. The standard InChI is InChI=1S/C17H19N3O2/c21-16-10-5-4-7-14(16)13-19-20-17(22)11-6-12-18-15-8-2-1-3-9-15/h1-5,7-10,13,18,21H,6,11-12H2,(H,20,22)/b19-13+. The van der Waals surface area contributed by atoms with E-state index in [0.29, 0.717) is 18.4 Å².